The maximum Gasteiger partial charge on any atom is 0.122 e. The van der Waals surface area contributed by atoms with Gasteiger partial charge in [0.25, 0.3) is 0 Å². The van der Waals surface area contributed by atoms with Crippen LogP contribution in [0.25, 0.3) is 0 Å². The number of nitrogens with one attached hydrogen (secondary N) is 2. The molecule has 0 fully saturated rings. The first kappa shape index (κ1) is 17.8. The van der Waals surface area contributed by atoms with Gasteiger partial charge in [0.1, 0.15) is 10.5 Å². The highest BCUT2D eigenvalue weighted by Crippen LogP contribution is 2.13. The van der Waals surface area contributed by atoms with Crippen LogP contribution in [0, 0.1) is 5.41 Å². The third kappa shape index (κ3) is 8.79. The van der Waals surface area contributed by atoms with E-state index in [1.54, 1.807) is 13.1 Å². The Balaban J connectivity index is 4.35. The maximum atomic E-state index is 7.10. The van der Waals surface area contributed by atoms with Crippen molar-refractivity contribution in [3.8, 4) is 0 Å². The van der Waals surface area contributed by atoms with E-state index in [1.807, 2.05) is 0 Å². The van der Waals surface area contributed by atoms with E-state index in [1.165, 1.54) is 12.3 Å². The van der Waals surface area contributed by atoms with Crippen molar-refractivity contribution in [1.82, 2.24) is 5.32 Å². The van der Waals surface area contributed by atoms with E-state index in [-0.39, 0.29) is 15.1 Å². The third-order valence-corrected chi connectivity index (χ3v) is 3.36. The van der Waals surface area contributed by atoms with Crippen LogP contribution in [-0.2, 0) is 0 Å². The molecule has 0 heterocycles. The van der Waals surface area contributed by atoms with Crippen molar-refractivity contribution in [2.75, 3.05) is 6.54 Å². The second-order valence-electron chi connectivity index (χ2n) is 3.38. The number of rotatable bonds is 7. The van der Waals surface area contributed by atoms with Gasteiger partial charge in [-0.15, -0.1) is 0 Å². The molecule has 0 bridgehead atoms. The second kappa shape index (κ2) is 9.66. The summed E-state index contributed by atoms with van der Waals surface area (Å²) in [7, 11) is 0. The highest BCUT2D eigenvalue weighted by molar-refractivity contribution is 8.00. The van der Waals surface area contributed by atoms with E-state index in [2.05, 4.69) is 48.2 Å². The summed E-state index contributed by atoms with van der Waals surface area (Å²) in [5.41, 5.74) is 7.03. The van der Waals surface area contributed by atoms with Crippen LogP contribution in [-0.4, -0.2) is 27.9 Å². The van der Waals surface area contributed by atoms with Gasteiger partial charge in [-0.25, -0.2) is 0 Å². The second-order valence-corrected chi connectivity index (χ2v) is 5.83. The first-order chi connectivity index (χ1) is 8.36. The molecule has 0 aliphatic carbocycles. The van der Waals surface area contributed by atoms with Crippen molar-refractivity contribution < 1.29 is 0 Å². The van der Waals surface area contributed by atoms with Crippen LogP contribution in [0.5, 0.6) is 0 Å². The Morgan fingerprint density at radius 3 is 2.56 bits per heavy atom. The lowest BCUT2D eigenvalue weighted by molar-refractivity contribution is 0.889. The van der Waals surface area contributed by atoms with Crippen molar-refractivity contribution in [1.29, 1.82) is 5.41 Å². The van der Waals surface area contributed by atoms with E-state index in [9.17, 15) is 0 Å². The molecule has 0 aromatic heterocycles. The summed E-state index contributed by atoms with van der Waals surface area (Å²) in [4.78, 5) is 4.14. The number of halogens is 1. The Bertz CT molecular complexity index is 366. The molecule has 0 spiro atoms. The zero-order valence-electron chi connectivity index (χ0n) is 9.84. The van der Waals surface area contributed by atoms with Crippen LogP contribution in [0.1, 0.15) is 6.92 Å². The van der Waals surface area contributed by atoms with Gasteiger partial charge in [0.05, 0.1) is 4.58 Å². The van der Waals surface area contributed by atoms with Gasteiger partial charge in [-0.2, -0.15) is 37.9 Å². The summed E-state index contributed by atoms with van der Waals surface area (Å²) in [6.07, 6.45) is 4.57. The Morgan fingerprint density at radius 1 is 1.50 bits per heavy atom. The first-order valence-electron chi connectivity index (χ1n) is 5.01. The summed E-state index contributed by atoms with van der Waals surface area (Å²) >= 11 is 17.8. The smallest absolute Gasteiger partial charge is 0.122 e. The van der Waals surface area contributed by atoms with Crippen LogP contribution in [0.3, 0.4) is 0 Å². The van der Waals surface area contributed by atoms with Gasteiger partial charge >= 0.3 is 0 Å². The van der Waals surface area contributed by atoms with Gasteiger partial charge in [-0.3, -0.25) is 10.4 Å². The highest BCUT2D eigenvalue weighted by Gasteiger charge is 2.06. The zero-order chi connectivity index (χ0) is 14.1. The van der Waals surface area contributed by atoms with Gasteiger partial charge in [0, 0.05) is 30.2 Å². The Labute approximate surface area is 129 Å². The minimum Gasteiger partial charge on any atom is -0.404 e. The molecule has 4 nitrogen and oxygen atoms in total. The van der Waals surface area contributed by atoms with Gasteiger partial charge in [0.2, 0.25) is 0 Å². The molecular weight excluding hydrogens is 308 g/mol. The number of allylic oxidation sites excluding steroid dienone is 2. The molecule has 4 N–H and O–H groups in total. The molecule has 8 heteroatoms. The molecule has 1 unspecified atom stereocenters. The molecule has 18 heavy (non-hydrogen) atoms. The largest absolute Gasteiger partial charge is 0.404 e. The number of nitrogens with two attached hydrogens (primary N) is 1. The fraction of sp³-hybridized carbons (Fsp3) is 0.400. The van der Waals surface area contributed by atoms with Crippen LogP contribution < -0.4 is 11.1 Å². The lowest BCUT2D eigenvalue weighted by atomic mass is 10.3. The molecule has 0 aliphatic heterocycles. The molecule has 0 saturated carbocycles. The van der Waals surface area contributed by atoms with E-state index in [4.69, 9.17) is 22.7 Å². The molecule has 0 aromatic carbocycles. The number of hydrogen-bond donors (Lipinski definition) is 6. The quantitative estimate of drug-likeness (QED) is 0.246. The van der Waals surface area contributed by atoms with Gasteiger partial charge in [-0.05, 0) is 13.0 Å². The zero-order valence-corrected chi connectivity index (χ0v) is 13.3. The normalized spacial score (nSPS) is 15.2. The molecule has 0 aliphatic rings. The molecule has 102 valence electrons. The topological polar surface area (TPSA) is 74.3 Å². The highest BCUT2D eigenvalue weighted by atomic mass is 35.5. The number of nitrogens with zero attached hydrogens (tertiary/aromatic N) is 1. The lowest BCUT2D eigenvalue weighted by Crippen LogP contribution is -2.17. The van der Waals surface area contributed by atoms with E-state index in [0.717, 1.165) is 11.3 Å². The lowest BCUT2D eigenvalue weighted by Gasteiger charge is -2.09. The molecule has 1 atom stereocenters. The SMILES string of the molecule is C/C(=C/C(=N)Cl)NCC(C=NC(S)C(S)S)=CN. The molecule has 0 amide bonds. The fourth-order valence-corrected chi connectivity index (χ4v) is 1.26. The summed E-state index contributed by atoms with van der Waals surface area (Å²) < 4.78 is -0.241. The van der Waals surface area contributed by atoms with Gasteiger partial charge in [-0.1, -0.05) is 11.6 Å². The minimum atomic E-state index is -0.306. The Morgan fingerprint density at radius 2 is 2.11 bits per heavy atom. The van der Waals surface area contributed by atoms with Crippen LogP contribution in [0.2, 0.25) is 0 Å². The Hall–Kier alpha value is -0.240. The summed E-state index contributed by atoms with van der Waals surface area (Å²) in [5, 5.41) is 9.81. The first-order valence-corrected chi connectivity index (χ1v) is 6.94. The summed E-state index contributed by atoms with van der Waals surface area (Å²) in [6, 6.07) is 0. The minimum absolute atomic E-state index is 0.0321. The van der Waals surface area contributed by atoms with Crippen molar-refractivity contribution in [3.05, 3.63) is 23.5 Å². The number of hydrogen-bond acceptors (Lipinski definition) is 7. The predicted molar refractivity (Wildman–Crippen MR) is 90.6 cm³/mol. The number of thiol groups is 3. The molecule has 0 radical (unpaired) electrons. The van der Waals surface area contributed by atoms with Crippen molar-refractivity contribution in [2.45, 2.75) is 16.9 Å². The standard InChI is InChI=1S/C10H17ClN4S3/c1-6(2-8(11)13)14-4-7(3-12)5-15-9(16)10(17)18/h2-3,5,9-10,13-14,16-18H,4,12H2,1H3/b6-2-,7-3?,13-8?,15-5?. The van der Waals surface area contributed by atoms with Crippen molar-refractivity contribution in [3.63, 3.8) is 0 Å². The number of aliphatic imine (C=N–C) groups is 1. The summed E-state index contributed by atoms with van der Waals surface area (Å²) in [5.74, 6) is 0. The van der Waals surface area contributed by atoms with Crippen LogP contribution in [0.4, 0.5) is 0 Å². The monoisotopic (exact) mass is 324 g/mol. The van der Waals surface area contributed by atoms with Crippen molar-refractivity contribution in [2.24, 2.45) is 10.7 Å². The van der Waals surface area contributed by atoms with Crippen LogP contribution >= 0.6 is 49.5 Å². The molecule has 0 aromatic rings. The molecule has 0 saturated heterocycles. The molecular formula is C10H17ClN4S3. The van der Waals surface area contributed by atoms with E-state index >= 15 is 0 Å². The third-order valence-electron chi connectivity index (χ3n) is 1.79. The Kier molecular flexibility index (Phi) is 9.53. The fourth-order valence-electron chi connectivity index (χ4n) is 0.879. The maximum absolute atomic E-state index is 7.10. The average Bonchev–Trinajstić information content (AvgIpc) is 2.27. The summed E-state index contributed by atoms with van der Waals surface area (Å²) in [6.45, 7) is 2.29. The van der Waals surface area contributed by atoms with E-state index in [0.29, 0.717) is 6.54 Å². The van der Waals surface area contributed by atoms with Crippen LogP contribution in [0.15, 0.2) is 28.5 Å². The van der Waals surface area contributed by atoms with E-state index < -0.39 is 0 Å². The predicted octanol–water partition coefficient (Wildman–Crippen LogP) is 2.05. The van der Waals surface area contributed by atoms with Crippen molar-refractivity contribution >= 4 is 60.9 Å². The molecule has 0 rings (SSSR count). The van der Waals surface area contributed by atoms with Gasteiger partial charge < -0.3 is 11.1 Å². The van der Waals surface area contributed by atoms with Gasteiger partial charge in [0.15, 0.2) is 0 Å². The average molecular weight is 325 g/mol.